The number of benzene rings is 1. The second kappa shape index (κ2) is 6.81. The lowest BCUT2D eigenvalue weighted by atomic mass is 9.95. The van der Waals surface area contributed by atoms with E-state index in [2.05, 4.69) is 0 Å². The van der Waals surface area contributed by atoms with Crippen LogP contribution in [0.15, 0.2) is 18.2 Å². The molecule has 0 fully saturated rings. The largest absolute Gasteiger partial charge is 0.479 e. The summed E-state index contributed by atoms with van der Waals surface area (Å²) >= 11 is 0. The second-order valence-electron chi connectivity index (χ2n) is 4.04. The van der Waals surface area contributed by atoms with Gasteiger partial charge in [-0.1, -0.05) is 13.0 Å². The zero-order valence-electron chi connectivity index (χ0n) is 11.3. The van der Waals surface area contributed by atoms with Crippen LogP contribution in [0.4, 0.5) is 0 Å². The Morgan fingerprint density at radius 1 is 1.25 bits per heavy atom. The van der Waals surface area contributed by atoms with Crippen LogP contribution in [0.2, 0.25) is 0 Å². The van der Waals surface area contributed by atoms with Crippen LogP contribution in [0, 0.1) is 0 Å². The van der Waals surface area contributed by atoms with E-state index in [0.29, 0.717) is 0 Å². The highest BCUT2D eigenvalue weighted by Gasteiger charge is 2.23. The molecule has 1 atom stereocenters. The number of ketones is 1. The number of hydrogen-bond donors (Lipinski definition) is 2. The summed E-state index contributed by atoms with van der Waals surface area (Å²) < 4.78 is 4.82. The van der Waals surface area contributed by atoms with Crippen molar-refractivity contribution in [2.45, 2.75) is 26.4 Å². The van der Waals surface area contributed by atoms with Crippen LogP contribution >= 0.6 is 0 Å². The van der Waals surface area contributed by atoms with Crippen LogP contribution in [-0.2, 0) is 9.53 Å². The standard InChI is InChI=1S/C14H16O6/c1-3-11(15)10-7-8(14(19)20-4-2)5-6-9(10)12(16)13(17)18/h5-7,12,16H,3-4H2,1-2H3,(H,17,18). The zero-order valence-corrected chi connectivity index (χ0v) is 11.3. The Kier molecular flexibility index (Phi) is 5.40. The Morgan fingerprint density at radius 2 is 1.90 bits per heavy atom. The van der Waals surface area contributed by atoms with Crippen molar-refractivity contribution in [2.75, 3.05) is 6.61 Å². The Balaban J connectivity index is 3.30. The summed E-state index contributed by atoms with van der Waals surface area (Å²) in [5, 5.41) is 18.4. The lowest BCUT2D eigenvalue weighted by molar-refractivity contribution is -0.146. The predicted molar refractivity (Wildman–Crippen MR) is 69.6 cm³/mol. The van der Waals surface area contributed by atoms with Gasteiger partial charge in [0.15, 0.2) is 11.9 Å². The topological polar surface area (TPSA) is 101 Å². The van der Waals surface area contributed by atoms with E-state index in [9.17, 15) is 19.5 Å². The highest BCUT2D eigenvalue weighted by atomic mass is 16.5. The Bertz CT molecular complexity index is 534. The van der Waals surface area contributed by atoms with Gasteiger partial charge in [0, 0.05) is 17.5 Å². The Hall–Kier alpha value is -2.21. The third-order valence-electron chi connectivity index (χ3n) is 2.71. The maximum Gasteiger partial charge on any atom is 0.338 e. The lowest BCUT2D eigenvalue weighted by Gasteiger charge is -2.12. The van der Waals surface area contributed by atoms with Gasteiger partial charge >= 0.3 is 11.9 Å². The fourth-order valence-corrected chi connectivity index (χ4v) is 1.70. The van der Waals surface area contributed by atoms with Crippen LogP contribution in [0.3, 0.4) is 0 Å². The SMILES string of the molecule is CCOC(=O)c1ccc(C(O)C(=O)O)c(C(=O)CC)c1. The predicted octanol–water partition coefficient (Wildman–Crippen LogP) is 1.57. The van der Waals surface area contributed by atoms with Crippen LogP contribution in [0.5, 0.6) is 0 Å². The van der Waals surface area contributed by atoms with Crippen molar-refractivity contribution in [3.05, 3.63) is 34.9 Å². The van der Waals surface area contributed by atoms with E-state index in [1.807, 2.05) is 0 Å². The highest BCUT2D eigenvalue weighted by Crippen LogP contribution is 2.22. The number of esters is 1. The van der Waals surface area contributed by atoms with Gasteiger partial charge in [-0.3, -0.25) is 4.79 Å². The molecule has 0 bridgehead atoms. The van der Waals surface area contributed by atoms with Gasteiger partial charge in [0.1, 0.15) is 0 Å². The molecule has 0 spiro atoms. The molecule has 0 amide bonds. The second-order valence-corrected chi connectivity index (χ2v) is 4.04. The molecule has 1 rings (SSSR count). The van der Waals surface area contributed by atoms with Crippen LogP contribution in [0.25, 0.3) is 0 Å². The molecule has 2 N–H and O–H groups in total. The van der Waals surface area contributed by atoms with Gasteiger partial charge in [-0.2, -0.15) is 0 Å². The van der Waals surface area contributed by atoms with Gasteiger partial charge in [-0.05, 0) is 19.1 Å². The third-order valence-corrected chi connectivity index (χ3v) is 2.71. The first-order valence-electron chi connectivity index (χ1n) is 6.17. The smallest absolute Gasteiger partial charge is 0.338 e. The van der Waals surface area contributed by atoms with Crippen molar-refractivity contribution in [3.8, 4) is 0 Å². The molecule has 0 saturated heterocycles. The van der Waals surface area contributed by atoms with Crippen LogP contribution < -0.4 is 0 Å². The molecule has 0 aliphatic rings. The third kappa shape index (κ3) is 3.42. The number of carbonyl (C=O) groups is 3. The number of carbonyl (C=O) groups excluding carboxylic acids is 2. The van der Waals surface area contributed by atoms with Gasteiger partial charge in [0.25, 0.3) is 0 Å². The molecule has 20 heavy (non-hydrogen) atoms. The minimum atomic E-state index is -1.81. The van der Waals surface area contributed by atoms with Crippen molar-refractivity contribution in [1.29, 1.82) is 0 Å². The molecular formula is C14H16O6. The molecule has 1 aromatic carbocycles. The molecule has 0 heterocycles. The molecular weight excluding hydrogens is 264 g/mol. The van der Waals surface area contributed by atoms with E-state index in [4.69, 9.17) is 9.84 Å². The molecule has 108 valence electrons. The number of Topliss-reactive ketones (excluding diaryl/α,β-unsaturated/α-hetero) is 1. The average molecular weight is 280 g/mol. The number of carboxylic acids is 1. The Labute approximate surface area is 116 Å². The number of aliphatic hydroxyl groups excluding tert-OH is 1. The monoisotopic (exact) mass is 280 g/mol. The van der Waals surface area contributed by atoms with Crippen LogP contribution in [-0.4, -0.2) is 34.5 Å². The molecule has 0 radical (unpaired) electrons. The number of ether oxygens (including phenoxy) is 1. The summed E-state index contributed by atoms with van der Waals surface area (Å²) in [4.78, 5) is 34.3. The number of hydrogen-bond acceptors (Lipinski definition) is 5. The van der Waals surface area contributed by atoms with Gasteiger partial charge in [0.05, 0.1) is 12.2 Å². The van der Waals surface area contributed by atoms with E-state index in [1.165, 1.54) is 18.2 Å². The van der Waals surface area contributed by atoms with Gasteiger partial charge < -0.3 is 14.9 Å². The van der Waals surface area contributed by atoms with Crippen LogP contribution in [0.1, 0.15) is 52.7 Å². The van der Waals surface area contributed by atoms with Gasteiger partial charge in [-0.15, -0.1) is 0 Å². The summed E-state index contributed by atoms with van der Waals surface area (Å²) in [6.07, 6.45) is -1.68. The maximum atomic E-state index is 11.8. The summed E-state index contributed by atoms with van der Waals surface area (Å²) in [5.41, 5.74) is 0.135. The molecule has 1 aromatic rings. The zero-order chi connectivity index (χ0) is 15.3. The first-order chi connectivity index (χ1) is 9.42. The normalized spacial score (nSPS) is 11.8. The van der Waals surface area contributed by atoms with E-state index in [0.717, 1.165) is 0 Å². The fourth-order valence-electron chi connectivity index (χ4n) is 1.70. The summed E-state index contributed by atoms with van der Waals surface area (Å²) in [5.74, 6) is -2.42. The number of carboxylic acid groups (broad SMARTS) is 1. The highest BCUT2D eigenvalue weighted by molar-refractivity contribution is 6.01. The van der Waals surface area contributed by atoms with Crippen molar-refractivity contribution < 1.29 is 29.3 Å². The maximum absolute atomic E-state index is 11.8. The molecule has 0 aliphatic heterocycles. The summed E-state index contributed by atoms with van der Waals surface area (Å²) in [6.45, 7) is 3.45. The Morgan fingerprint density at radius 3 is 2.40 bits per heavy atom. The van der Waals surface area contributed by atoms with Crippen molar-refractivity contribution in [3.63, 3.8) is 0 Å². The minimum Gasteiger partial charge on any atom is -0.479 e. The molecule has 6 nitrogen and oxygen atoms in total. The molecule has 0 aliphatic carbocycles. The first-order valence-corrected chi connectivity index (χ1v) is 6.17. The average Bonchev–Trinajstić information content (AvgIpc) is 2.45. The molecule has 0 aromatic heterocycles. The van der Waals surface area contributed by atoms with E-state index in [1.54, 1.807) is 13.8 Å². The minimum absolute atomic E-state index is 0.0213. The quantitative estimate of drug-likeness (QED) is 0.606. The molecule has 1 unspecified atom stereocenters. The fraction of sp³-hybridized carbons (Fsp3) is 0.357. The number of rotatable bonds is 6. The molecule has 6 heteroatoms. The first kappa shape index (κ1) is 15.8. The summed E-state index contributed by atoms with van der Waals surface area (Å²) in [6, 6.07) is 3.84. The van der Waals surface area contributed by atoms with E-state index < -0.39 is 18.0 Å². The summed E-state index contributed by atoms with van der Waals surface area (Å²) in [7, 11) is 0. The van der Waals surface area contributed by atoms with Crippen molar-refractivity contribution in [2.24, 2.45) is 0 Å². The molecule has 0 saturated carbocycles. The van der Waals surface area contributed by atoms with E-state index >= 15 is 0 Å². The van der Waals surface area contributed by atoms with E-state index in [-0.39, 0.29) is 35.5 Å². The van der Waals surface area contributed by atoms with Gasteiger partial charge in [0.2, 0.25) is 0 Å². The van der Waals surface area contributed by atoms with Crippen molar-refractivity contribution in [1.82, 2.24) is 0 Å². The van der Waals surface area contributed by atoms with Crippen molar-refractivity contribution >= 4 is 17.7 Å². The van der Waals surface area contributed by atoms with Gasteiger partial charge in [-0.25, -0.2) is 9.59 Å². The number of aliphatic carboxylic acids is 1. The number of aliphatic hydroxyl groups is 1. The lowest BCUT2D eigenvalue weighted by Crippen LogP contribution is -2.16.